The Labute approximate surface area is 115 Å². The van der Waals surface area contributed by atoms with Crippen LogP contribution in [0.2, 0.25) is 0 Å². The number of rotatable bonds is 5. The van der Waals surface area contributed by atoms with Crippen LogP contribution in [-0.2, 0) is 9.47 Å². The van der Waals surface area contributed by atoms with Gasteiger partial charge in [0.25, 0.3) is 0 Å². The first kappa shape index (κ1) is 16.7. The molecule has 4 N–H and O–H groups in total. The summed E-state index contributed by atoms with van der Waals surface area (Å²) in [4.78, 5) is 21.8. The van der Waals surface area contributed by atoms with Gasteiger partial charge in [-0.15, -0.1) is 4.91 Å². The minimum Gasteiger partial charge on any atom is -0.394 e. The van der Waals surface area contributed by atoms with Crippen molar-refractivity contribution in [2.45, 2.75) is 37.6 Å². The van der Waals surface area contributed by atoms with Crippen LogP contribution in [0.5, 0.6) is 0 Å². The Hall–Kier alpha value is -1.33. The number of urea groups is 1. The highest BCUT2D eigenvalue weighted by Crippen LogP contribution is 2.22. The van der Waals surface area contributed by atoms with Crippen molar-refractivity contribution in [3.8, 4) is 0 Å². The number of aliphatic hydroxyl groups excluding tert-OH is 3. The number of nitrogens with one attached hydrogen (secondary N) is 1. The van der Waals surface area contributed by atoms with Gasteiger partial charge < -0.3 is 30.1 Å². The lowest BCUT2D eigenvalue weighted by Gasteiger charge is -2.42. The molecule has 2 amide bonds. The molecular formula is C10H19N3O7. The highest BCUT2D eigenvalue weighted by Gasteiger charge is 2.45. The van der Waals surface area contributed by atoms with E-state index in [1.165, 1.54) is 0 Å². The van der Waals surface area contributed by atoms with E-state index in [4.69, 9.17) is 14.6 Å². The molecule has 0 aliphatic carbocycles. The van der Waals surface area contributed by atoms with Gasteiger partial charge in [-0.25, -0.2) is 4.79 Å². The molecule has 1 rings (SSSR count). The molecule has 10 heteroatoms. The fraction of sp³-hybridized carbons (Fsp3) is 0.900. The summed E-state index contributed by atoms with van der Waals surface area (Å²) in [6.45, 7) is 1.38. The molecule has 1 aliphatic rings. The first-order valence-corrected chi connectivity index (χ1v) is 6.07. The molecular weight excluding hydrogens is 274 g/mol. The Kier molecular flexibility index (Phi) is 6.23. The lowest BCUT2D eigenvalue weighted by atomic mass is 9.97. The number of nitroso groups, excluding NO2 is 1. The zero-order valence-electron chi connectivity index (χ0n) is 11.2. The van der Waals surface area contributed by atoms with Crippen LogP contribution < -0.4 is 5.32 Å². The van der Waals surface area contributed by atoms with Gasteiger partial charge in [-0.3, -0.25) is 0 Å². The number of aliphatic hydroxyl groups is 3. The standard InChI is InChI=1S/C10H19N3O7/c1-3-19-9-6(11-10(17)13(2)12-18)8(16)7(15)5(4-14)20-9/h5-9,14-16H,3-4H2,1-2H3,(H,11,17)/t5-,6-,7-,8-,9-/m1/s1. The van der Waals surface area contributed by atoms with Crippen LogP contribution in [0.3, 0.4) is 0 Å². The fourth-order valence-electron chi connectivity index (χ4n) is 1.82. The molecule has 0 aromatic rings. The highest BCUT2D eigenvalue weighted by atomic mass is 16.7. The third-order valence-electron chi connectivity index (χ3n) is 2.92. The van der Waals surface area contributed by atoms with E-state index in [-0.39, 0.29) is 6.61 Å². The number of nitrogens with zero attached hydrogens (tertiary/aromatic N) is 2. The number of carbonyl (C=O) groups is 1. The second kappa shape index (κ2) is 7.45. The molecule has 1 fully saturated rings. The van der Waals surface area contributed by atoms with Crippen molar-refractivity contribution in [2.75, 3.05) is 20.3 Å². The normalized spacial score (nSPS) is 33.5. The predicted octanol–water partition coefficient (Wildman–Crippen LogP) is -1.85. The number of ether oxygens (including phenoxy) is 2. The maximum atomic E-state index is 11.6. The summed E-state index contributed by atoms with van der Waals surface area (Å²) < 4.78 is 10.5. The van der Waals surface area contributed by atoms with Gasteiger partial charge in [-0.2, -0.15) is 5.01 Å². The van der Waals surface area contributed by atoms with Crippen molar-refractivity contribution in [1.29, 1.82) is 0 Å². The number of hydrogen-bond acceptors (Lipinski definition) is 8. The number of hydrogen-bond donors (Lipinski definition) is 4. The van der Waals surface area contributed by atoms with E-state index in [0.717, 1.165) is 7.05 Å². The summed E-state index contributed by atoms with van der Waals surface area (Å²) in [7, 11) is 1.13. The van der Waals surface area contributed by atoms with E-state index in [1.54, 1.807) is 6.92 Å². The van der Waals surface area contributed by atoms with E-state index in [9.17, 15) is 19.9 Å². The molecule has 1 heterocycles. The van der Waals surface area contributed by atoms with Crippen LogP contribution in [0.15, 0.2) is 5.29 Å². The van der Waals surface area contributed by atoms with Crippen LogP contribution in [0, 0.1) is 4.91 Å². The van der Waals surface area contributed by atoms with E-state index in [2.05, 4.69) is 10.6 Å². The molecule has 0 radical (unpaired) electrons. The Balaban J connectivity index is 2.82. The molecule has 0 aromatic heterocycles. The SMILES string of the molecule is CCO[C@@H]1O[C@H](CO)[C@@H](O)[C@H](O)[C@H]1NC(=O)N(C)N=O. The molecule has 0 spiro atoms. The Morgan fingerprint density at radius 2 is 2.10 bits per heavy atom. The molecule has 20 heavy (non-hydrogen) atoms. The molecule has 0 bridgehead atoms. The molecule has 1 saturated heterocycles. The van der Waals surface area contributed by atoms with Gasteiger partial charge in [0.2, 0.25) is 0 Å². The zero-order chi connectivity index (χ0) is 15.3. The summed E-state index contributed by atoms with van der Waals surface area (Å²) in [5.41, 5.74) is 0. The molecule has 116 valence electrons. The van der Waals surface area contributed by atoms with Crippen molar-refractivity contribution < 1.29 is 29.6 Å². The molecule has 0 saturated carbocycles. The summed E-state index contributed by atoms with van der Waals surface area (Å²) in [5.74, 6) is 0. The Morgan fingerprint density at radius 1 is 1.45 bits per heavy atom. The number of amides is 2. The zero-order valence-corrected chi connectivity index (χ0v) is 11.2. The van der Waals surface area contributed by atoms with E-state index in [1.807, 2.05) is 0 Å². The molecule has 5 atom stereocenters. The van der Waals surface area contributed by atoms with Gasteiger partial charge in [0.05, 0.1) is 11.9 Å². The van der Waals surface area contributed by atoms with Crippen LogP contribution in [0.1, 0.15) is 6.92 Å². The van der Waals surface area contributed by atoms with Gasteiger partial charge in [0.15, 0.2) is 6.29 Å². The second-order valence-electron chi connectivity index (χ2n) is 4.24. The third kappa shape index (κ3) is 3.61. The Bertz CT molecular complexity index is 343. The monoisotopic (exact) mass is 293 g/mol. The van der Waals surface area contributed by atoms with Crippen molar-refractivity contribution in [3.63, 3.8) is 0 Å². The molecule has 0 unspecified atom stereocenters. The Morgan fingerprint density at radius 3 is 2.60 bits per heavy atom. The largest absolute Gasteiger partial charge is 0.394 e. The highest BCUT2D eigenvalue weighted by molar-refractivity contribution is 5.73. The smallest absolute Gasteiger partial charge is 0.340 e. The molecule has 10 nitrogen and oxygen atoms in total. The lowest BCUT2D eigenvalue weighted by Crippen LogP contribution is -2.65. The van der Waals surface area contributed by atoms with Gasteiger partial charge in [-0.1, -0.05) is 0 Å². The first-order chi connectivity index (χ1) is 9.46. The van der Waals surface area contributed by atoms with Gasteiger partial charge in [0.1, 0.15) is 24.4 Å². The quantitative estimate of drug-likeness (QED) is 0.344. The van der Waals surface area contributed by atoms with Crippen LogP contribution in [-0.4, -0.2) is 77.3 Å². The average Bonchev–Trinajstić information content (AvgIpc) is 2.45. The first-order valence-electron chi connectivity index (χ1n) is 6.07. The van der Waals surface area contributed by atoms with Crippen LogP contribution in [0.4, 0.5) is 4.79 Å². The van der Waals surface area contributed by atoms with Crippen LogP contribution in [0.25, 0.3) is 0 Å². The molecule has 0 aromatic carbocycles. The van der Waals surface area contributed by atoms with E-state index in [0.29, 0.717) is 5.01 Å². The van der Waals surface area contributed by atoms with E-state index < -0.39 is 43.3 Å². The molecule has 1 aliphatic heterocycles. The topological polar surface area (TPSA) is 141 Å². The van der Waals surface area contributed by atoms with Gasteiger partial charge in [0, 0.05) is 13.7 Å². The minimum absolute atomic E-state index is 0.222. The second-order valence-corrected chi connectivity index (χ2v) is 4.24. The lowest BCUT2D eigenvalue weighted by molar-refractivity contribution is -0.268. The van der Waals surface area contributed by atoms with Crippen molar-refractivity contribution >= 4 is 6.03 Å². The maximum absolute atomic E-state index is 11.6. The van der Waals surface area contributed by atoms with Crippen molar-refractivity contribution in [1.82, 2.24) is 10.3 Å². The summed E-state index contributed by atoms with van der Waals surface area (Å²) in [6, 6.07) is -1.99. The maximum Gasteiger partial charge on any atom is 0.340 e. The predicted molar refractivity (Wildman–Crippen MR) is 65.3 cm³/mol. The van der Waals surface area contributed by atoms with E-state index >= 15 is 0 Å². The number of carbonyl (C=O) groups excluding carboxylic acids is 1. The third-order valence-corrected chi connectivity index (χ3v) is 2.92. The van der Waals surface area contributed by atoms with Crippen LogP contribution >= 0.6 is 0 Å². The summed E-state index contributed by atoms with van der Waals surface area (Å²) in [5, 5.41) is 34.0. The summed E-state index contributed by atoms with van der Waals surface area (Å²) in [6.07, 6.45) is -4.94. The van der Waals surface area contributed by atoms with Crippen molar-refractivity contribution in [3.05, 3.63) is 4.91 Å². The summed E-state index contributed by atoms with van der Waals surface area (Å²) >= 11 is 0. The minimum atomic E-state index is -1.43. The average molecular weight is 293 g/mol. The fourth-order valence-corrected chi connectivity index (χ4v) is 1.82. The van der Waals surface area contributed by atoms with Crippen molar-refractivity contribution in [2.24, 2.45) is 5.29 Å². The van der Waals surface area contributed by atoms with Gasteiger partial charge >= 0.3 is 6.03 Å². The van der Waals surface area contributed by atoms with Gasteiger partial charge in [-0.05, 0) is 6.92 Å².